The smallest absolute Gasteiger partial charge is 0.0667 e. The molecular formula is C12H18BrNO. The van der Waals surface area contributed by atoms with Gasteiger partial charge >= 0.3 is 0 Å². The van der Waals surface area contributed by atoms with Crippen LogP contribution >= 0.6 is 15.9 Å². The Morgan fingerprint density at radius 3 is 2.80 bits per heavy atom. The van der Waals surface area contributed by atoms with Crippen LogP contribution in [0, 0.1) is 6.92 Å². The molecule has 1 unspecified atom stereocenters. The molecule has 0 saturated carbocycles. The predicted octanol–water partition coefficient (Wildman–Crippen LogP) is 2.88. The van der Waals surface area contributed by atoms with Gasteiger partial charge in [0.05, 0.1) is 6.10 Å². The molecule has 3 heteroatoms. The number of nitrogens with one attached hydrogen (secondary N) is 1. The molecule has 0 bridgehead atoms. The largest absolute Gasteiger partial charge is 0.380 e. The SMILES string of the molecule is COC(C)CNCc1ccc(C)cc1Br. The van der Waals surface area contributed by atoms with E-state index >= 15 is 0 Å². The number of aryl methyl sites for hydroxylation is 1. The number of hydrogen-bond acceptors (Lipinski definition) is 2. The van der Waals surface area contributed by atoms with E-state index in [2.05, 4.69) is 53.3 Å². The minimum atomic E-state index is 0.259. The second-order valence-electron chi connectivity index (χ2n) is 3.77. The van der Waals surface area contributed by atoms with Crippen LogP contribution in [0.5, 0.6) is 0 Å². The van der Waals surface area contributed by atoms with E-state index in [4.69, 9.17) is 4.74 Å². The van der Waals surface area contributed by atoms with Crippen molar-refractivity contribution in [2.75, 3.05) is 13.7 Å². The quantitative estimate of drug-likeness (QED) is 0.890. The van der Waals surface area contributed by atoms with Crippen molar-refractivity contribution in [3.63, 3.8) is 0 Å². The maximum Gasteiger partial charge on any atom is 0.0667 e. The monoisotopic (exact) mass is 271 g/mol. The molecule has 0 fully saturated rings. The van der Waals surface area contributed by atoms with Crippen molar-refractivity contribution >= 4 is 15.9 Å². The van der Waals surface area contributed by atoms with Gasteiger partial charge in [-0.15, -0.1) is 0 Å². The van der Waals surface area contributed by atoms with Crippen LogP contribution in [0.25, 0.3) is 0 Å². The van der Waals surface area contributed by atoms with E-state index in [1.165, 1.54) is 15.6 Å². The third-order valence-electron chi connectivity index (χ3n) is 2.36. The normalized spacial score (nSPS) is 12.8. The van der Waals surface area contributed by atoms with E-state index in [0.29, 0.717) is 0 Å². The highest BCUT2D eigenvalue weighted by Crippen LogP contribution is 2.17. The Morgan fingerprint density at radius 1 is 1.47 bits per heavy atom. The summed E-state index contributed by atoms with van der Waals surface area (Å²) in [5.41, 5.74) is 2.56. The lowest BCUT2D eigenvalue weighted by Crippen LogP contribution is -2.25. The molecule has 1 aromatic rings. The molecule has 0 aliphatic rings. The fourth-order valence-electron chi connectivity index (χ4n) is 1.29. The summed E-state index contributed by atoms with van der Waals surface area (Å²) < 4.78 is 6.33. The Kier molecular flexibility index (Phi) is 5.29. The first kappa shape index (κ1) is 12.7. The molecule has 1 atom stereocenters. The van der Waals surface area contributed by atoms with Crippen molar-refractivity contribution in [2.45, 2.75) is 26.5 Å². The molecule has 0 aliphatic carbocycles. The first-order chi connectivity index (χ1) is 7.13. The van der Waals surface area contributed by atoms with Crippen molar-refractivity contribution in [1.82, 2.24) is 5.32 Å². The highest BCUT2D eigenvalue weighted by atomic mass is 79.9. The molecule has 0 radical (unpaired) electrons. The summed E-state index contributed by atoms with van der Waals surface area (Å²) in [6.45, 7) is 5.89. The summed E-state index contributed by atoms with van der Waals surface area (Å²) >= 11 is 3.56. The minimum absolute atomic E-state index is 0.259. The molecule has 1 N–H and O–H groups in total. The number of halogens is 1. The van der Waals surface area contributed by atoms with Gasteiger partial charge in [-0.1, -0.05) is 28.1 Å². The average Bonchev–Trinajstić information content (AvgIpc) is 2.21. The van der Waals surface area contributed by atoms with E-state index < -0.39 is 0 Å². The van der Waals surface area contributed by atoms with E-state index in [9.17, 15) is 0 Å². The van der Waals surface area contributed by atoms with Crippen LogP contribution in [-0.2, 0) is 11.3 Å². The van der Waals surface area contributed by atoms with E-state index in [1.807, 2.05) is 0 Å². The summed E-state index contributed by atoms with van der Waals surface area (Å²) in [4.78, 5) is 0. The second kappa shape index (κ2) is 6.26. The molecule has 1 aromatic carbocycles. The van der Waals surface area contributed by atoms with Gasteiger partial charge in [0.2, 0.25) is 0 Å². The van der Waals surface area contributed by atoms with Crippen molar-refractivity contribution in [1.29, 1.82) is 0 Å². The van der Waals surface area contributed by atoms with E-state index in [-0.39, 0.29) is 6.10 Å². The Labute approximate surface area is 100 Å². The Bertz CT molecular complexity index is 314. The van der Waals surface area contributed by atoms with Crippen LogP contribution in [0.2, 0.25) is 0 Å². The van der Waals surface area contributed by atoms with Crippen molar-refractivity contribution in [3.8, 4) is 0 Å². The topological polar surface area (TPSA) is 21.3 Å². The lowest BCUT2D eigenvalue weighted by molar-refractivity contribution is 0.117. The second-order valence-corrected chi connectivity index (χ2v) is 4.63. The number of rotatable bonds is 5. The Hall–Kier alpha value is -0.380. The number of methoxy groups -OCH3 is 1. The minimum Gasteiger partial charge on any atom is -0.380 e. The average molecular weight is 272 g/mol. The zero-order valence-corrected chi connectivity index (χ0v) is 11.1. The summed E-state index contributed by atoms with van der Waals surface area (Å²) in [6, 6.07) is 6.40. The zero-order chi connectivity index (χ0) is 11.3. The Balaban J connectivity index is 2.44. The van der Waals surface area contributed by atoms with Crippen molar-refractivity contribution in [3.05, 3.63) is 33.8 Å². The van der Waals surface area contributed by atoms with Gasteiger partial charge in [-0.2, -0.15) is 0 Å². The maximum absolute atomic E-state index is 5.16. The van der Waals surface area contributed by atoms with Gasteiger partial charge in [0.25, 0.3) is 0 Å². The number of ether oxygens (including phenoxy) is 1. The molecule has 84 valence electrons. The van der Waals surface area contributed by atoms with Crippen LogP contribution in [0.15, 0.2) is 22.7 Å². The van der Waals surface area contributed by atoms with Crippen LogP contribution in [0.1, 0.15) is 18.1 Å². The summed E-state index contributed by atoms with van der Waals surface area (Å²) in [7, 11) is 1.73. The zero-order valence-electron chi connectivity index (χ0n) is 9.51. The lowest BCUT2D eigenvalue weighted by Gasteiger charge is -2.11. The molecule has 0 aliphatic heterocycles. The van der Waals surface area contributed by atoms with E-state index in [1.54, 1.807) is 7.11 Å². The van der Waals surface area contributed by atoms with Gasteiger partial charge < -0.3 is 10.1 Å². The summed E-state index contributed by atoms with van der Waals surface area (Å²) in [5.74, 6) is 0. The fraction of sp³-hybridized carbons (Fsp3) is 0.500. The van der Waals surface area contributed by atoms with Gasteiger partial charge in [0, 0.05) is 24.7 Å². The molecule has 0 saturated heterocycles. The third kappa shape index (κ3) is 4.33. The van der Waals surface area contributed by atoms with Gasteiger partial charge in [-0.25, -0.2) is 0 Å². The number of benzene rings is 1. The van der Waals surface area contributed by atoms with Gasteiger partial charge in [-0.3, -0.25) is 0 Å². The van der Waals surface area contributed by atoms with Gasteiger partial charge in [-0.05, 0) is 31.0 Å². The number of hydrogen-bond donors (Lipinski definition) is 1. The molecule has 2 nitrogen and oxygen atoms in total. The standard InChI is InChI=1S/C12H18BrNO/c1-9-4-5-11(12(13)6-9)8-14-7-10(2)15-3/h4-6,10,14H,7-8H2,1-3H3. The Morgan fingerprint density at radius 2 is 2.20 bits per heavy atom. The van der Waals surface area contributed by atoms with Crippen molar-refractivity contribution < 1.29 is 4.74 Å². The first-order valence-corrected chi connectivity index (χ1v) is 5.91. The molecule has 15 heavy (non-hydrogen) atoms. The molecule has 0 aromatic heterocycles. The highest BCUT2D eigenvalue weighted by molar-refractivity contribution is 9.10. The van der Waals surface area contributed by atoms with Gasteiger partial charge in [0.1, 0.15) is 0 Å². The van der Waals surface area contributed by atoms with Crippen LogP contribution in [-0.4, -0.2) is 19.8 Å². The molecule has 0 spiro atoms. The fourth-order valence-corrected chi connectivity index (χ4v) is 1.92. The highest BCUT2D eigenvalue weighted by Gasteiger charge is 2.01. The predicted molar refractivity (Wildman–Crippen MR) is 67.1 cm³/mol. The van der Waals surface area contributed by atoms with Crippen molar-refractivity contribution in [2.24, 2.45) is 0 Å². The summed E-state index contributed by atoms with van der Waals surface area (Å²) in [5, 5.41) is 3.36. The van der Waals surface area contributed by atoms with Crippen LogP contribution in [0.4, 0.5) is 0 Å². The molecule has 0 heterocycles. The molecule has 0 amide bonds. The molecular weight excluding hydrogens is 254 g/mol. The van der Waals surface area contributed by atoms with Crippen LogP contribution < -0.4 is 5.32 Å². The first-order valence-electron chi connectivity index (χ1n) is 5.12. The summed E-state index contributed by atoms with van der Waals surface area (Å²) in [6.07, 6.45) is 0.259. The maximum atomic E-state index is 5.16. The van der Waals surface area contributed by atoms with Gasteiger partial charge in [0.15, 0.2) is 0 Å². The third-order valence-corrected chi connectivity index (χ3v) is 3.10. The van der Waals surface area contributed by atoms with E-state index in [0.717, 1.165) is 13.1 Å². The lowest BCUT2D eigenvalue weighted by atomic mass is 10.1. The van der Waals surface area contributed by atoms with Crippen LogP contribution in [0.3, 0.4) is 0 Å². The molecule has 1 rings (SSSR count).